The van der Waals surface area contributed by atoms with E-state index in [0.717, 1.165) is 24.2 Å². The lowest BCUT2D eigenvalue weighted by Gasteiger charge is -2.25. The second-order valence-electron chi connectivity index (χ2n) is 5.06. The summed E-state index contributed by atoms with van der Waals surface area (Å²) in [6, 6.07) is 0. The molecule has 3 atom stereocenters. The van der Waals surface area contributed by atoms with Gasteiger partial charge in [0.25, 0.3) is 0 Å². The van der Waals surface area contributed by atoms with E-state index in [0.29, 0.717) is 0 Å². The molecule has 2 aliphatic rings. The summed E-state index contributed by atoms with van der Waals surface area (Å²) in [7, 11) is 0. The number of hydrogen-bond acceptors (Lipinski definition) is 1. The van der Waals surface area contributed by atoms with Gasteiger partial charge in [-0.15, -0.1) is 0 Å². The van der Waals surface area contributed by atoms with Crippen molar-refractivity contribution in [2.75, 3.05) is 0 Å². The van der Waals surface area contributed by atoms with Crippen LogP contribution in [0.25, 0.3) is 0 Å². The first-order valence-corrected chi connectivity index (χ1v) is 4.95. The number of rotatable bonds is 2. The first kappa shape index (κ1) is 8.31. The first-order valence-electron chi connectivity index (χ1n) is 4.95. The molecule has 0 radical (unpaired) electrons. The molecule has 2 rings (SSSR count). The maximum Gasteiger partial charge on any atom is 0.0594 e. The van der Waals surface area contributed by atoms with Crippen molar-refractivity contribution in [3.63, 3.8) is 0 Å². The van der Waals surface area contributed by atoms with Gasteiger partial charge in [0.15, 0.2) is 0 Å². The Balaban J connectivity index is 1.96. The third kappa shape index (κ3) is 1.56. The molecule has 0 aliphatic heterocycles. The summed E-state index contributed by atoms with van der Waals surface area (Å²) >= 11 is 0. The molecule has 1 heteroatoms. The lowest BCUT2D eigenvalue weighted by atomic mass is 9.84. The van der Waals surface area contributed by atoms with Gasteiger partial charge in [-0.3, -0.25) is 0 Å². The Kier molecular flexibility index (Phi) is 1.80. The fourth-order valence-electron chi connectivity index (χ4n) is 2.77. The van der Waals surface area contributed by atoms with Crippen molar-refractivity contribution in [1.82, 2.24) is 0 Å². The van der Waals surface area contributed by atoms with E-state index in [9.17, 15) is 5.11 Å². The van der Waals surface area contributed by atoms with Crippen molar-refractivity contribution in [3.05, 3.63) is 12.2 Å². The maximum atomic E-state index is 9.68. The Bertz CT molecular complexity index is 200. The second-order valence-corrected chi connectivity index (χ2v) is 5.06. The fraction of sp³-hybridized carbons (Fsp3) is 0.818. The molecular formula is C11H18O. The monoisotopic (exact) mass is 166 g/mol. The number of aliphatic hydroxyl groups is 1. The van der Waals surface area contributed by atoms with Crippen molar-refractivity contribution >= 4 is 0 Å². The molecule has 1 saturated carbocycles. The van der Waals surface area contributed by atoms with Gasteiger partial charge in [0.05, 0.1) is 5.60 Å². The van der Waals surface area contributed by atoms with Crippen LogP contribution in [0.2, 0.25) is 0 Å². The van der Waals surface area contributed by atoms with Gasteiger partial charge >= 0.3 is 0 Å². The standard InChI is InChI=1S/C11H18O/c1-11(2,12)7-10-6-8-3-4-9(10)5-8/h3-4,8-10,12H,5-7H2,1-2H3. The van der Waals surface area contributed by atoms with E-state index in [2.05, 4.69) is 12.2 Å². The minimum absolute atomic E-state index is 0.469. The van der Waals surface area contributed by atoms with Crippen LogP contribution in [0.3, 0.4) is 0 Å². The van der Waals surface area contributed by atoms with Gasteiger partial charge in [-0.25, -0.2) is 0 Å². The molecule has 0 saturated heterocycles. The summed E-state index contributed by atoms with van der Waals surface area (Å²) in [6.07, 6.45) is 8.33. The predicted molar refractivity (Wildman–Crippen MR) is 49.8 cm³/mol. The van der Waals surface area contributed by atoms with Gasteiger partial charge in [0.2, 0.25) is 0 Å². The predicted octanol–water partition coefficient (Wildman–Crippen LogP) is 2.36. The zero-order valence-electron chi connectivity index (χ0n) is 7.96. The SMILES string of the molecule is CC(C)(O)CC1CC2C=CC1C2. The van der Waals surface area contributed by atoms with Crippen LogP contribution in [0.5, 0.6) is 0 Å². The molecule has 1 fully saturated rings. The van der Waals surface area contributed by atoms with Crippen LogP contribution in [0, 0.1) is 17.8 Å². The molecule has 1 N–H and O–H groups in total. The third-order valence-corrected chi connectivity index (χ3v) is 3.18. The zero-order chi connectivity index (χ0) is 8.77. The van der Waals surface area contributed by atoms with E-state index in [1.165, 1.54) is 12.8 Å². The molecular weight excluding hydrogens is 148 g/mol. The molecule has 2 bridgehead atoms. The van der Waals surface area contributed by atoms with Crippen LogP contribution in [0.4, 0.5) is 0 Å². The van der Waals surface area contributed by atoms with E-state index in [1.807, 2.05) is 13.8 Å². The maximum absolute atomic E-state index is 9.68. The average molecular weight is 166 g/mol. The molecule has 1 nitrogen and oxygen atoms in total. The molecule has 3 unspecified atom stereocenters. The van der Waals surface area contributed by atoms with Gasteiger partial charge in [0.1, 0.15) is 0 Å². The summed E-state index contributed by atoms with van der Waals surface area (Å²) in [4.78, 5) is 0. The third-order valence-electron chi connectivity index (χ3n) is 3.18. The Hall–Kier alpha value is -0.300. The largest absolute Gasteiger partial charge is 0.390 e. The van der Waals surface area contributed by atoms with Crippen LogP contribution in [-0.4, -0.2) is 10.7 Å². The van der Waals surface area contributed by atoms with Gasteiger partial charge < -0.3 is 5.11 Å². The summed E-state index contributed by atoms with van der Waals surface area (Å²) in [5.41, 5.74) is -0.469. The van der Waals surface area contributed by atoms with Crippen LogP contribution in [0.15, 0.2) is 12.2 Å². The first-order chi connectivity index (χ1) is 5.54. The van der Waals surface area contributed by atoms with Crippen molar-refractivity contribution in [2.24, 2.45) is 17.8 Å². The molecule has 0 heterocycles. The van der Waals surface area contributed by atoms with Crippen LogP contribution in [-0.2, 0) is 0 Å². The summed E-state index contributed by atoms with van der Waals surface area (Å²) in [6.45, 7) is 3.84. The molecule has 0 aromatic rings. The zero-order valence-corrected chi connectivity index (χ0v) is 7.96. The van der Waals surface area contributed by atoms with Gasteiger partial charge in [-0.05, 0) is 50.9 Å². The minimum Gasteiger partial charge on any atom is -0.390 e. The lowest BCUT2D eigenvalue weighted by molar-refractivity contribution is 0.0482. The highest BCUT2D eigenvalue weighted by Crippen LogP contribution is 2.46. The normalized spacial score (nSPS) is 39.4. The fourth-order valence-corrected chi connectivity index (χ4v) is 2.77. The summed E-state index contributed by atoms with van der Waals surface area (Å²) < 4.78 is 0. The Morgan fingerprint density at radius 2 is 2.08 bits per heavy atom. The van der Waals surface area contributed by atoms with Gasteiger partial charge in [-0.2, -0.15) is 0 Å². The van der Waals surface area contributed by atoms with Gasteiger partial charge in [-0.1, -0.05) is 12.2 Å². The van der Waals surface area contributed by atoms with E-state index < -0.39 is 5.60 Å². The van der Waals surface area contributed by atoms with Crippen molar-refractivity contribution in [1.29, 1.82) is 0 Å². The Morgan fingerprint density at radius 3 is 2.50 bits per heavy atom. The number of hydrogen-bond donors (Lipinski definition) is 1. The van der Waals surface area contributed by atoms with Crippen molar-refractivity contribution in [2.45, 2.75) is 38.7 Å². The topological polar surface area (TPSA) is 20.2 Å². The van der Waals surface area contributed by atoms with Crippen LogP contribution >= 0.6 is 0 Å². The average Bonchev–Trinajstić information content (AvgIpc) is 2.42. The molecule has 0 aromatic carbocycles. The molecule has 0 amide bonds. The van der Waals surface area contributed by atoms with Crippen LogP contribution < -0.4 is 0 Å². The Labute approximate surface area is 74.5 Å². The molecule has 0 spiro atoms. The lowest BCUT2D eigenvalue weighted by Crippen LogP contribution is -2.25. The van der Waals surface area contributed by atoms with E-state index in [-0.39, 0.29) is 0 Å². The smallest absolute Gasteiger partial charge is 0.0594 e. The van der Waals surface area contributed by atoms with Crippen molar-refractivity contribution < 1.29 is 5.11 Å². The van der Waals surface area contributed by atoms with Crippen molar-refractivity contribution in [3.8, 4) is 0 Å². The molecule has 12 heavy (non-hydrogen) atoms. The molecule has 68 valence electrons. The molecule has 2 aliphatic carbocycles. The number of allylic oxidation sites excluding steroid dienone is 2. The van der Waals surface area contributed by atoms with E-state index >= 15 is 0 Å². The highest BCUT2D eigenvalue weighted by molar-refractivity contribution is 5.10. The highest BCUT2D eigenvalue weighted by Gasteiger charge is 2.37. The highest BCUT2D eigenvalue weighted by atomic mass is 16.3. The van der Waals surface area contributed by atoms with Crippen LogP contribution in [0.1, 0.15) is 33.1 Å². The molecule has 0 aromatic heterocycles. The van der Waals surface area contributed by atoms with E-state index in [4.69, 9.17) is 0 Å². The number of fused-ring (bicyclic) bond motifs is 2. The quantitative estimate of drug-likeness (QED) is 0.624. The summed E-state index contributed by atoms with van der Waals surface area (Å²) in [5.74, 6) is 2.36. The second kappa shape index (κ2) is 2.59. The minimum atomic E-state index is -0.469. The Morgan fingerprint density at radius 1 is 1.33 bits per heavy atom. The van der Waals surface area contributed by atoms with Gasteiger partial charge in [0, 0.05) is 0 Å². The van der Waals surface area contributed by atoms with E-state index in [1.54, 1.807) is 0 Å². The summed E-state index contributed by atoms with van der Waals surface area (Å²) in [5, 5.41) is 9.68.